The molecule has 0 saturated heterocycles. The zero-order valence-corrected chi connectivity index (χ0v) is 7.89. The molecule has 4 nitrogen and oxygen atoms in total. The molecule has 0 saturated carbocycles. The van der Waals surface area contributed by atoms with Crippen molar-refractivity contribution < 1.29 is 4.92 Å². The monoisotopic (exact) mass is 198 g/mol. The molecule has 1 heterocycles. The first-order chi connectivity index (χ1) is 6.20. The minimum Gasteiger partial charge on any atom is -0.385 e. The first kappa shape index (κ1) is 8.50. The summed E-state index contributed by atoms with van der Waals surface area (Å²) in [5, 5.41) is 11.1. The number of hydrogen-bond donors (Lipinski definition) is 1. The molecule has 0 amide bonds. The highest BCUT2D eigenvalue weighted by molar-refractivity contribution is 7.16. The highest BCUT2D eigenvalue weighted by Gasteiger charge is 2.26. The number of nitro groups is 1. The normalized spacial score (nSPS) is 15.4. The van der Waals surface area contributed by atoms with Crippen LogP contribution >= 0.6 is 11.3 Å². The van der Waals surface area contributed by atoms with Gasteiger partial charge in [0.25, 0.3) is 0 Å². The van der Waals surface area contributed by atoms with Gasteiger partial charge in [0, 0.05) is 10.4 Å². The molecular weight excluding hydrogens is 188 g/mol. The van der Waals surface area contributed by atoms with Crippen LogP contribution in [0.1, 0.15) is 23.3 Å². The van der Waals surface area contributed by atoms with Gasteiger partial charge < -0.3 is 5.73 Å². The zero-order valence-electron chi connectivity index (χ0n) is 7.08. The number of fused-ring (bicyclic) bond motifs is 1. The van der Waals surface area contributed by atoms with E-state index in [2.05, 4.69) is 0 Å². The summed E-state index contributed by atoms with van der Waals surface area (Å²) < 4.78 is 0. The molecule has 0 unspecified atom stereocenters. The van der Waals surface area contributed by atoms with Crippen LogP contribution in [0.2, 0.25) is 0 Å². The SMILES string of the molecule is Nc1sc2c(c1[N+](=O)[O-])CCCC2. The molecule has 70 valence electrons. The molecule has 2 rings (SSSR count). The first-order valence-corrected chi connectivity index (χ1v) is 5.06. The summed E-state index contributed by atoms with van der Waals surface area (Å²) in [4.78, 5) is 11.5. The summed E-state index contributed by atoms with van der Waals surface area (Å²) in [5.41, 5.74) is 6.65. The molecule has 1 aliphatic carbocycles. The summed E-state index contributed by atoms with van der Waals surface area (Å²) in [7, 11) is 0. The van der Waals surface area contributed by atoms with Gasteiger partial charge in [-0.1, -0.05) is 0 Å². The fourth-order valence-corrected chi connectivity index (χ4v) is 2.90. The van der Waals surface area contributed by atoms with Gasteiger partial charge in [0.2, 0.25) is 0 Å². The molecule has 2 N–H and O–H groups in total. The Kier molecular flexibility index (Phi) is 1.95. The molecule has 5 heteroatoms. The molecule has 13 heavy (non-hydrogen) atoms. The van der Waals surface area contributed by atoms with Gasteiger partial charge in [0.1, 0.15) is 0 Å². The van der Waals surface area contributed by atoms with Crippen molar-refractivity contribution in [1.82, 2.24) is 0 Å². The van der Waals surface area contributed by atoms with Gasteiger partial charge in [-0.2, -0.15) is 0 Å². The minimum atomic E-state index is -0.351. The summed E-state index contributed by atoms with van der Waals surface area (Å²) >= 11 is 1.38. The predicted octanol–water partition coefficient (Wildman–Crippen LogP) is 2.12. The number of nitrogen functional groups attached to an aromatic ring is 1. The van der Waals surface area contributed by atoms with Crippen molar-refractivity contribution >= 4 is 22.0 Å². The van der Waals surface area contributed by atoms with Crippen LogP contribution in [0.4, 0.5) is 10.7 Å². The van der Waals surface area contributed by atoms with E-state index in [1.165, 1.54) is 11.3 Å². The predicted molar refractivity (Wildman–Crippen MR) is 52.0 cm³/mol. The van der Waals surface area contributed by atoms with E-state index in [4.69, 9.17) is 5.73 Å². The van der Waals surface area contributed by atoms with Crippen LogP contribution in [0.5, 0.6) is 0 Å². The number of rotatable bonds is 1. The van der Waals surface area contributed by atoms with Crippen molar-refractivity contribution in [3.8, 4) is 0 Å². The smallest absolute Gasteiger partial charge is 0.306 e. The van der Waals surface area contributed by atoms with E-state index in [-0.39, 0.29) is 10.6 Å². The molecule has 1 aliphatic rings. The van der Waals surface area contributed by atoms with Crippen LogP contribution in [0, 0.1) is 10.1 Å². The van der Waals surface area contributed by atoms with Gasteiger partial charge in [0.15, 0.2) is 5.00 Å². The summed E-state index contributed by atoms with van der Waals surface area (Å²) in [6.45, 7) is 0. The average Bonchev–Trinajstić information content (AvgIpc) is 2.39. The maximum atomic E-state index is 10.7. The molecule has 1 aromatic rings. The number of nitrogens with two attached hydrogens (primary N) is 1. The minimum absolute atomic E-state index is 0.166. The topological polar surface area (TPSA) is 69.2 Å². The van der Waals surface area contributed by atoms with Crippen molar-refractivity contribution in [2.75, 3.05) is 5.73 Å². The molecule has 1 aromatic heterocycles. The van der Waals surface area contributed by atoms with Crippen LogP contribution in [-0.4, -0.2) is 4.92 Å². The third-order valence-electron chi connectivity index (χ3n) is 2.35. The summed E-state index contributed by atoms with van der Waals surface area (Å²) in [5.74, 6) is 0. The molecule has 0 aromatic carbocycles. The molecule has 0 radical (unpaired) electrons. The van der Waals surface area contributed by atoms with E-state index < -0.39 is 0 Å². The molecule has 0 spiro atoms. The second-order valence-corrected chi connectivity index (χ2v) is 4.32. The van der Waals surface area contributed by atoms with Crippen molar-refractivity contribution in [3.05, 3.63) is 20.6 Å². The first-order valence-electron chi connectivity index (χ1n) is 4.24. The lowest BCUT2D eigenvalue weighted by molar-refractivity contribution is -0.384. The Balaban J connectivity index is 2.54. The van der Waals surface area contributed by atoms with E-state index in [1.54, 1.807) is 0 Å². The lowest BCUT2D eigenvalue weighted by Crippen LogP contribution is -2.01. The van der Waals surface area contributed by atoms with Gasteiger partial charge in [-0.3, -0.25) is 10.1 Å². The lowest BCUT2D eigenvalue weighted by atomic mass is 9.98. The average molecular weight is 198 g/mol. The van der Waals surface area contributed by atoms with Crippen molar-refractivity contribution in [1.29, 1.82) is 0 Å². The summed E-state index contributed by atoms with van der Waals surface area (Å²) in [6, 6.07) is 0. The molecule has 0 bridgehead atoms. The number of nitrogens with zero attached hydrogens (tertiary/aromatic N) is 1. The largest absolute Gasteiger partial charge is 0.385 e. The maximum absolute atomic E-state index is 10.7. The second-order valence-electron chi connectivity index (χ2n) is 3.18. The van der Waals surface area contributed by atoms with Crippen LogP contribution in [-0.2, 0) is 12.8 Å². The van der Waals surface area contributed by atoms with Gasteiger partial charge in [-0.05, 0) is 25.7 Å². The highest BCUT2D eigenvalue weighted by Crippen LogP contribution is 2.41. The Morgan fingerprint density at radius 1 is 1.38 bits per heavy atom. The Labute approximate surface area is 79.5 Å². The van der Waals surface area contributed by atoms with Crippen molar-refractivity contribution in [2.45, 2.75) is 25.7 Å². The number of thiophene rings is 1. The Hall–Kier alpha value is -1.10. The lowest BCUT2D eigenvalue weighted by Gasteiger charge is -2.08. The van der Waals surface area contributed by atoms with Crippen LogP contribution < -0.4 is 5.73 Å². The molecule has 0 fully saturated rings. The fourth-order valence-electron chi connectivity index (χ4n) is 1.77. The van der Waals surface area contributed by atoms with Crippen LogP contribution in [0.25, 0.3) is 0 Å². The molecule has 0 aliphatic heterocycles. The third-order valence-corrected chi connectivity index (χ3v) is 3.46. The Morgan fingerprint density at radius 2 is 2.08 bits per heavy atom. The third kappa shape index (κ3) is 1.29. The van der Waals surface area contributed by atoms with E-state index >= 15 is 0 Å². The molecule has 0 atom stereocenters. The quantitative estimate of drug-likeness (QED) is 0.555. The van der Waals surface area contributed by atoms with E-state index in [0.29, 0.717) is 5.00 Å². The van der Waals surface area contributed by atoms with E-state index in [0.717, 1.165) is 36.1 Å². The standard InChI is InChI=1S/C8H10N2O2S/c9-8-7(10(11)12)5-3-1-2-4-6(5)13-8/h1-4,9H2. The highest BCUT2D eigenvalue weighted by atomic mass is 32.1. The van der Waals surface area contributed by atoms with Crippen LogP contribution in [0.3, 0.4) is 0 Å². The fraction of sp³-hybridized carbons (Fsp3) is 0.500. The molecular formula is C8H10N2O2S. The number of aryl methyl sites for hydroxylation is 1. The van der Waals surface area contributed by atoms with E-state index in [1.807, 2.05) is 0 Å². The van der Waals surface area contributed by atoms with Gasteiger partial charge in [-0.25, -0.2) is 0 Å². The van der Waals surface area contributed by atoms with Crippen LogP contribution in [0.15, 0.2) is 0 Å². The summed E-state index contributed by atoms with van der Waals surface area (Å²) in [6.07, 6.45) is 3.95. The van der Waals surface area contributed by atoms with Gasteiger partial charge >= 0.3 is 5.69 Å². The Bertz CT molecular complexity index is 359. The van der Waals surface area contributed by atoms with Gasteiger partial charge in [-0.15, -0.1) is 11.3 Å². The number of anilines is 1. The van der Waals surface area contributed by atoms with Crippen molar-refractivity contribution in [3.63, 3.8) is 0 Å². The van der Waals surface area contributed by atoms with E-state index in [9.17, 15) is 10.1 Å². The zero-order chi connectivity index (χ0) is 9.42. The second kappa shape index (κ2) is 2.99. The number of hydrogen-bond acceptors (Lipinski definition) is 4. The van der Waals surface area contributed by atoms with Gasteiger partial charge in [0.05, 0.1) is 4.92 Å². The maximum Gasteiger partial charge on any atom is 0.306 e. The van der Waals surface area contributed by atoms with Crippen molar-refractivity contribution in [2.24, 2.45) is 0 Å². The Morgan fingerprint density at radius 3 is 2.77 bits per heavy atom.